The zero-order valence-corrected chi connectivity index (χ0v) is 17.4. The molecule has 2 heterocycles. The number of nitrogens with zero attached hydrogens (tertiary/aromatic N) is 4. The summed E-state index contributed by atoms with van der Waals surface area (Å²) in [5, 5.41) is 12.8. The minimum Gasteiger partial charge on any atom is -0.307 e. The second-order valence-corrected chi connectivity index (χ2v) is 7.65. The molecule has 0 spiro atoms. The average Bonchev–Trinajstić information content (AvgIpc) is 3.07. The second-order valence-electron chi connectivity index (χ2n) is 5.54. The first kappa shape index (κ1) is 19.2. The lowest BCUT2D eigenvalue weighted by Crippen LogP contribution is -2.20. The van der Waals surface area contributed by atoms with Gasteiger partial charge in [-0.25, -0.2) is 0 Å². The molecule has 0 fully saturated rings. The van der Waals surface area contributed by atoms with E-state index in [1.165, 1.54) is 10.9 Å². The third kappa shape index (κ3) is 4.40. The summed E-state index contributed by atoms with van der Waals surface area (Å²) < 4.78 is 3.85. The van der Waals surface area contributed by atoms with E-state index in [1.807, 2.05) is 6.07 Å². The van der Waals surface area contributed by atoms with Crippen molar-refractivity contribution < 1.29 is 4.79 Å². The van der Waals surface area contributed by atoms with Crippen LogP contribution in [0.2, 0.25) is 15.1 Å². The first-order valence-electron chi connectivity index (χ1n) is 7.48. The summed E-state index contributed by atoms with van der Waals surface area (Å²) in [6, 6.07) is 5.28. The Bertz CT molecular complexity index is 969. The van der Waals surface area contributed by atoms with E-state index in [2.05, 4.69) is 31.4 Å². The zero-order valence-electron chi connectivity index (χ0n) is 13.5. The van der Waals surface area contributed by atoms with E-state index in [4.69, 9.17) is 34.8 Å². The molecule has 0 saturated heterocycles. The molecule has 136 valence electrons. The van der Waals surface area contributed by atoms with E-state index < -0.39 is 0 Å². The van der Waals surface area contributed by atoms with Crippen LogP contribution in [0.4, 0.5) is 5.82 Å². The Morgan fingerprint density at radius 2 is 2.04 bits per heavy atom. The van der Waals surface area contributed by atoms with Crippen LogP contribution in [0.1, 0.15) is 11.3 Å². The van der Waals surface area contributed by atoms with Crippen LogP contribution >= 0.6 is 50.7 Å². The molecule has 3 rings (SSSR count). The third-order valence-corrected chi connectivity index (χ3v) is 5.20. The Morgan fingerprint density at radius 3 is 2.69 bits per heavy atom. The average molecular weight is 478 g/mol. The molecular formula is C16H13BrCl3N5O. The molecule has 6 nitrogen and oxygen atoms in total. The van der Waals surface area contributed by atoms with Gasteiger partial charge in [0.15, 0.2) is 5.82 Å². The van der Waals surface area contributed by atoms with Crippen molar-refractivity contribution in [3.8, 4) is 0 Å². The summed E-state index contributed by atoms with van der Waals surface area (Å²) >= 11 is 21.4. The number of carbonyl (C=O) groups is 1. The third-order valence-electron chi connectivity index (χ3n) is 3.66. The fraction of sp³-hybridized carbons (Fsp3) is 0.188. The van der Waals surface area contributed by atoms with Crippen LogP contribution in [-0.4, -0.2) is 25.5 Å². The SMILES string of the molecule is Cc1c(Cl)cnn1CC(=O)Nc1nn(Cc2ccc(Cl)cc2Cl)cc1Br. The van der Waals surface area contributed by atoms with E-state index >= 15 is 0 Å². The number of aromatic nitrogens is 4. The highest BCUT2D eigenvalue weighted by atomic mass is 79.9. The van der Waals surface area contributed by atoms with Gasteiger partial charge in [-0.2, -0.15) is 10.2 Å². The topological polar surface area (TPSA) is 64.7 Å². The summed E-state index contributed by atoms with van der Waals surface area (Å²) in [4.78, 5) is 12.2. The number of carbonyl (C=O) groups excluding carboxylic acids is 1. The Morgan fingerprint density at radius 1 is 1.27 bits per heavy atom. The highest BCUT2D eigenvalue weighted by molar-refractivity contribution is 9.10. The van der Waals surface area contributed by atoms with E-state index in [1.54, 1.807) is 29.9 Å². The van der Waals surface area contributed by atoms with Crippen molar-refractivity contribution in [1.82, 2.24) is 19.6 Å². The molecule has 10 heteroatoms. The van der Waals surface area contributed by atoms with Crippen LogP contribution < -0.4 is 5.32 Å². The number of anilines is 1. The van der Waals surface area contributed by atoms with Crippen molar-refractivity contribution in [1.29, 1.82) is 0 Å². The van der Waals surface area contributed by atoms with Crippen LogP contribution in [0.3, 0.4) is 0 Å². The molecule has 1 aromatic carbocycles. The lowest BCUT2D eigenvalue weighted by atomic mass is 10.2. The van der Waals surface area contributed by atoms with Gasteiger partial charge in [-0.05, 0) is 40.5 Å². The van der Waals surface area contributed by atoms with Crippen LogP contribution in [0.5, 0.6) is 0 Å². The predicted octanol–water partition coefficient (Wildman–Crippen LogP) is 4.80. The zero-order chi connectivity index (χ0) is 18.8. The summed E-state index contributed by atoms with van der Waals surface area (Å²) in [5.74, 6) is 0.152. The van der Waals surface area contributed by atoms with Gasteiger partial charge in [-0.15, -0.1) is 0 Å². The van der Waals surface area contributed by atoms with Crippen LogP contribution in [0.25, 0.3) is 0 Å². The van der Waals surface area contributed by atoms with Gasteiger partial charge in [0.2, 0.25) is 5.91 Å². The highest BCUT2D eigenvalue weighted by Gasteiger charge is 2.14. The summed E-state index contributed by atoms with van der Waals surface area (Å²) in [5.41, 5.74) is 1.59. The van der Waals surface area contributed by atoms with E-state index in [0.717, 1.165) is 11.3 Å². The number of hydrogen-bond donors (Lipinski definition) is 1. The van der Waals surface area contributed by atoms with Gasteiger partial charge in [-0.3, -0.25) is 14.2 Å². The molecule has 1 N–H and O–H groups in total. The molecule has 0 atom stereocenters. The van der Waals surface area contributed by atoms with Gasteiger partial charge in [0.25, 0.3) is 0 Å². The van der Waals surface area contributed by atoms with Gasteiger partial charge in [0.1, 0.15) is 6.54 Å². The molecule has 1 amide bonds. The monoisotopic (exact) mass is 475 g/mol. The summed E-state index contributed by atoms with van der Waals surface area (Å²) in [6.07, 6.45) is 3.27. The molecule has 0 bridgehead atoms. The van der Waals surface area contributed by atoms with Crippen molar-refractivity contribution >= 4 is 62.5 Å². The maximum absolute atomic E-state index is 12.2. The maximum Gasteiger partial charge on any atom is 0.247 e. The van der Waals surface area contributed by atoms with Gasteiger partial charge in [-0.1, -0.05) is 40.9 Å². The minimum absolute atomic E-state index is 0.0425. The van der Waals surface area contributed by atoms with Crippen molar-refractivity contribution in [3.63, 3.8) is 0 Å². The standard InChI is InChI=1S/C16H13BrCl3N5O/c1-9-14(20)5-21-25(9)8-15(26)22-16-12(17)7-24(23-16)6-10-2-3-11(18)4-13(10)19/h2-5,7H,6,8H2,1H3,(H,22,23,26). The Hall–Kier alpha value is -1.54. The van der Waals surface area contributed by atoms with E-state index in [-0.39, 0.29) is 12.5 Å². The molecule has 0 radical (unpaired) electrons. The largest absolute Gasteiger partial charge is 0.307 e. The molecule has 0 aliphatic rings. The number of rotatable bonds is 5. The molecule has 0 aliphatic carbocycles. The maximum atomic E-state index is 12.2. The van der Waals surface area contributed by atoms with Crippen LogP contribution in [0, 0.1) is 6.92 Å². The second kappa shape index (κ2) is 8.00. The van der Waals surface area contributed by atoms with Crippen LogP contribution in [-0.2, 0) is 17.9 Å². The number of hydrogen-bond acceptors (Lipinski definition) is 3. The predicted molar refractivity (Wildman–Crippen MR) is 106 cm³/mol. The summed E-state index contributed by atoms with van der Waals surface area (Å²) in [7, 11) is 0. The van der Waals surface area contributed by atoms with Crippen LogP contribution in [0.15, 0.2) is 35.1 Å². The minimum atomic E-state index is -0.261. The Balaban J connectivity index is 1.69. The highest BCUT2D eigenvalue weighted by Crippen LogP contribution is 2.24. The van der Waals surface area contributed by atoms with Gasteiger partial charge >= 0.3 is 0 Å². The number of nitrogens with one attached hydrogen (secondary N) is 1. The molecule has 3 aromatic rings. The molecule has 26 heavy (non-hydrogen) atoms. The molecule has 0 unspecified atom stereocenters. The van der Waals surface area contributed by atoms with Gasteiger partial charge in [0.05, 0.1) is 27.9 Å². The van der Waals surface area contributed by atoms with Crippen molar-refractivity contribution in [2.24, 2.45) is 0 Å². The van der Waals surface area contributed by atoms with E-state index in [9.17, 15) is 4.79 Å². The normalized spacial score (nSPS) is 11.0. The smallest absolute Gasteiger partial charge is 0.247 e. The lowest BCUT2D eigenvalue weighted by Gasteiger charge is -2.06. The molecular weight excluding hydrogens is 464 g/mol. The quantitative estimate of drug-likeness (QED) is 0.574. The fourth-order valence-corrected chi connectivity index (χ4v) is 3.30. The van der Waals surface area contributed by atoms with Crippen molar-refractivity contribution in [2.45, 2.75) is 20.0 Å². The fourth-order valence-electron chi connectivity index (χ4n) is 2.28. The molecule has 2 aromatic heterocycles. The molecule has 0 aliphatic heterocycles. The lowest BCUT2D eigenvalue weighted by molar-refractivity contribution is -0.117. The number of benzene rings is 1. The van der Waals surface area contributed by atoms with Gasteiger partial charge < -0.3 is 5.32 Å². The van der Waals surface area contributed by atoms with E-state index in [0.29, 0.717) is 31.9 Å². The molecule has 0 saturated carbocycles. The first-order valence-corrected chi connectivity index (χ1v) is 9.41. The Labute approximate surface area is 173 Å². The Kier molecular flexibility index (Phi) is 5.92. The van der Waals surface area contributed by atoms with Crippen molar-refractivity contribution in [2.75, 3.05) is 5.32 Å². The number of amides is 1. The van der Waals surface area contributed by atoms with Gasteiger partial charge in [0, 0.05) is 16.2 Å². The van der Waals surface area contributed by atoms with Crippen molar-refractivity contribution in [3.05, 3.63) is 61.4 Å². The first-order chi connectivity index (χ1) is 12.3. The summed E-state index contributed by atoms with van der Waals surface area (Å²) in [6.45, 7) is 2.28. The number of halogens is 4.